The van der Waals surface area contributed by atoms with Crippen LogP contribution in [0.2, 0.25) is 0 Å². The van der Waals surface area contributed by atoms with E-state index in [0.717, 1.165) is 5.69 Å². The number of nitrogens with two attached hydrogens (primary N) is 2. The molecule has 0 amide bonds. The van der Waals surface area contributed by atoms with Crippen LogP contribution >= 0.6 is 0 Å². The molecule has 1 rings (SSSR count). The van der Waals surface area contributed by atoms with E-state index in [4.69, 9.17) is 11.5 Å². The lowest BCUT2D eigenvalue weighted by molar-refractivity contribution is 0.567. The summed E-state index contributed by atoms with van der Waals surface area (Å²) in [5, 5.41) is 0. The maximum absolute atomic E-state index is 11.2. The number of nitrogens with one attached hydrogen (secondary N) is 1. The number of hydrogen-bond donors (Lipinski definition) is 3. The van der Waals surface area contributed by atoms with Crippen LogP contribution in [0.15, 0.2) is 10.9 Å². The van der Waals surface area contributed by atoms with E-state index in [1.807, 2.05) is 20.8 Å². The number of pyridine rings is 1. The molecule has 0 atom stereocenters. The molecule has 1 aromatic rings. The van der Waals surface area contributed by atoms with Gasteiger partial charge in [0.1, 0.15) is 5.69 Å². The Hall–Kier alpha value is -1.45. The van der Waals surface area contributed by atoms with Crippen LogP contribution in [0.25, 0.3) is 0 Å². The van der Waals surface area contributed by atoms with Gasteiger partial charge in [0.25, 0.3) is 5.56 Å². The summed E-state index contributed by atoms with van der Waals surface area (Å²) in [5.41, 5.74) is 11.8. The van der Waals surface area contributed by atoms with Gasteiger partial charge in [0.05, 0.1) is 5.69 Å². The van der Waals surface area contributed by atoms with Crippen molar-refractivity contribution in [3.05, 3.63) is 22.1 Å². The topological polar surface area (TPSA) is 84.9 Å². The molecule has 0 aliphatic heterocycles. The third-order valence-corrected chi connectivity index (χ3v) is 1.91. The van der Waals surface area contributed by atoms with Gasteiger partial charge in [-0.25, -0.2) is 0 Å². The molecule has 0 saturated carbocycles. The lowest BCUT2D eigenvalue weighted by Gasteiger charge is -2.18. The molecule has 0 spiro atoms. The van der Waals surface area contributed by atoms with Crippen molar-refractivity contribution >= 4 is 11.4 Å². The third kappa shape index (κ3) is 1.83. The second-order valence-corrected chi connectivity index (χ2v) is 4.13. The van der Waals surface area contributed by atoms with Crippen molar-refractivity contribution in [3.8, 4) is 0 Å². The first-order chi connectivity index (χ1) is 5.82. The van der Waals surface area contributed by atoms with Crippen molar-refractivity contribution in [2.45, 2.75) is 26.2 Å². The second-order valence-electron chi connectivity index (χ2n) is 4.13. The molecular formula is C9H15N3O. The molecule has 4 nitrogen and oxygen atoms in total. The first-order valence-electron chi connectivity index (χ1n) is 4.11. The molecule has 0 radical (unpaired) electrons. The zero-order valence-corrected chi connectivity index (χ0v) is 8.14. The van der Waals surface area contributed by atoms with E-state index in [0.29, 0.717) is 5.69 Å². The minimum absolute atomic E-state index is 0.0907. The Morgan fingerprint density at radius 1 is 1.31 bits per heavy atom. The van der Waals surface area contributed by atoms with Crippen LogP contribution in [0.4, 0.5) is 11.4 Å². The Morgan fingerprint density at radius 2 is 1.85 bits per heavy atom. The molecule has 0 aromatic carbocycles. The number of aromatic amines is 1. The number of H-pyrrole nitrogens is 1. The molecule has 0 aliphatic carbocycles. The molecule has 0 saturated heterocycles. The Labute approximate surface area is 77.0 Å². The van der Waals surface area contributed by atoms with E-state index in [9.17, 15) is 4.79 Å². The van der Waals surface area contributed by atoms with Crippen LogP contribution in [0.1, 0.15) is 26.5 Å². The quantitative estimate of drug-likeness (QED) is 0.554. The maximum atomic E-state index is 11.2. The fraction of sp³-hybridized carbons (Fsp3) is 0.444. The summed E-state index contributed by atoms with van der Waals surface area (Å²) in [4.78, 5) is 13.9. The molecule has 13 heavy (non-hydrogen) atoms. The van der Waals surface area contributed by atoms with Crippen LogP contribution in [-0.2, 0) is 5.41 Å². The summed E-state index contributed by atoms with van der Waals surface area (Å²) in [6, 6.07) is 1.71. The Morgan fingerprint density at radius 3 is 2.23 bits per heavy atom. The van der Waals surface area contributed by atoms with E-state index in [1.165, 1.54) is 0 Å². The van der Waals surface area contributed by atoms with Gasteiger partial charge in [0.2, 0.25) is 0 Å². The fourth-order valence-corrected chi connectivity index (χ4v) is 0.994. The molecule has 0 aliphatic rings. The van der Waals surface area contributed by atoms with Crippen LogP contribution in [0.3, 0.4) is 0 Å². The fourth-order valence-electron chi connectivity index (χ4n) is 0.994. The van der Waals surface area contributed by atoms with E-state index >= 15 is 0 Å². The van der Waals surface area contributed by atoms with Crippen molar-refractivity contribution in [2.75, 3.05) is 11.5 Å². The molecule has 5 N–H and O–H groups in total. The minimum atomic E-state index is -0.315. The van der Waals surface area contributed by atoms with Gasteiger partial charge in [-0.05, 0) is 6.07 Å². The molecule has 0 bridgehead atoms. The number of aromatic nitrogens is 1. The van der Waals surface area contributed by atoms with Crippen LogP contribution in [0.5, 0.6) is 0 Å². The largest absolute Gasteiger partial charge is 0.397 e. The van der Waals surface area contributed by atoms with Crippen LogP contribution < -0.4 is 17.0 Å². The summed E-state index contributed by atoms with van der Waals surface area (Å²) in [6.07, 6.45) is 0. The predicted molar refractivity (Wildman–Crippen MR) is 54.6 cm³/mol. The first-order valence-corrected chi connectivity index (χ1v) is 4.11. The van der Waals surface area contributed by atoms with Gasteiger partial charge < -0.3 is 16.5 Å². The van der Waals surface area contributed by atoms with Crippen molar-refractivity contribution in [2.24, 2.45) is 0 Å². The lowest BCUT2D eigenvalue weighted by Crippen LogP contribution is -2.22. The van der Waals surface area contributed by atoms with E-state index in [1.54, 1.807) is 6.07 Å². The summed E-state index contributed by atoms with van der Waals surface area (Å²) < 4.78 is 0. The molecule has 1 aromatic heterocycles. The highest BCUT2D eigenvalue weighted by atomic mass is 16.1. The average Bonchev–Trinajstić information content (AvgIpc) is 1.97. The Bertz CT molecular complexity index is 373. The normalized spacial score (nSPS) is 11.6. The zero-order chi connectivity index (χ0) is 10.2. The number of hydrogen-bond acceptors (Lipinski definition) is 3. The first kappa shape index (κ1) is 9.64. The summed E-state index contributed by atoms with van der Waals surface area (Å²) in [5.74, 6) is 0. The minimum Gasteiger partial charge on any atom is -0.397 e. The Balaban J connectivity index is 3.38. The van der Waals surface area contributed by atoms with Crippen LogP contribution in [-0.4, -0.2) is 4.98 Å². The maximum Gasteiger partial charge on any atom is 0.273 e. The lowest BCUT2D eigenvalue weighted by atomic mass is 9.91. The van der Waals surface area contributed by atoms with Crippen molar-refractivity contribution in [3.63, 3.8) is 0 Å². The van der Waals surface area contributed by atoms with Gasteiger partial charge in [0.15, 0.2) is 0 Å². The van der Waals surface area contributed by atoms with Crippen molar-refractivity contribution in [1.29, 1.82) is 0 Å². The SMILES string of the molecule is CC(C)(C)c1cc(N)c(N)c(=O)[nH]1. The standard InChI is InChI=1S/C9H15N3O/c1-9(2,3)6-4-5(10)7(11)8(13)12-6/h4H,11H2,1-3H3,(H3,10,12,13). The number of rotatable bonds is 0. The average molecular weight is 181 g/mol. The molecule has 0 fully saturated rings. The highest BCUT2D eigenvalue weighted by molar-refractivity contribution is 5.62. The van der Waals surface area contributed by atoms with Crippen molar-refractivity contribution < 1.29 is 0 Å². The number of nitrogen functional groups attached to an aromatic ring is 2. The molecule has 4 heteroatoms. The number of anilines is 2. The van der Waals surface area contributed by atoms with Crippen molar-refractivity contribution in [1.82, 2.24) is 4.98 Å². The molecule has 72 valence electrons. The smallest absolute Gasteiger partial charge is 0.273 e. The van der Waals surface area contributed by atoms with Gasteiger partial charge in [-0.15, -0.1) is 0 Å². The van der Waals surface area contributed by atoms with Gasteiger partial charge in [0, 0.05) is 11.1 Å². The Kier molecular flexibility index (Phi) is 2.07. The van der Waals surface area contributed by atoms with Gasteiger partial charge in [-0.3, -0.25) is 4.79 Å². The van der Waals surface area contributed by atoms with Crippen LogP contribution in [0, 0.1) is 0 Å². The van der Waals surface area contributed by atoms with Gasteiger partial charge >= 0.3 is 0 Å². The summed E-state index contributed by atoms with van der Waals surface area (Å²) in [6.45, 7) is 5.98. The predicted octanol–water partition coefficient (Wildman–Crippen LogP) is 0.837. The summed E-state index contributed by atoms with van der Waals surface area (Å²) >= 11 is 0. The second kappa shape index (κ2) is 2.80. The van der Waals surface area contributed by atoms with E-state index in [-0.39, 0.29) is 16.7 Å². The summed E-state index contributed by atoms with van der Waals surface area (Å²) in [7, 11) is 0. The molecule has 0 unspecified atom stereocenters. The third-order valence-electron chi connectivity index (χ3n) is 1.91. The highest BCUT2D eigenvalue weighted by Crippen LogP contribution is 2.21. The molecular weight excluding hydrogens is 166 g/mol. The monoisotopic (exact) mass is 181 g/mol. The van der Waals surface area contributed by atoms with E-state index < -0.39 is 0 Å². The van der Waals surface area contributed by atoms with Gasteiger partial charge in [-0.2, -0.15) is 0 Å². The van der Waals surface area contributed by atoms with E-state index in [2.05, 4.69) is 4.98 Å². The van der Waals surface area contributed by atoms with Gasteiger partial charge in [-0.1, -0.05) is 20.8 Å². The highest BCUT2D eigenvalue weighted by Gasteiger charge is 2.16. The molecule has 1 heterocycles. The zero-order valence-electron chi connectivity index (χ0n) is 8.14.